The highest BCUT2D eigenvalue weighted by atomic mass is 16.6. The number of nitrogens with two attached hydrogens (primary N) is 1. The van der Waals surface area contributed by atoms with Crippen LogP contribution < -0.4 is 20.5 Å². The molecule has 0 aromatic heterocycles. The minimum Gasteiger partial charge on any atom is -0.493 e. The van der Waals surface area contributed by atoms with Crippen molar-refractivity contribution < 1.29 is 19.0 Å². The van der Waals surface area contributed by atoms with Crippen LogP contribution in [0.1, 0.15) is 49.7 Å². The lowest BCUT2D eigenvalue weighted by atomic mass is 9.35. The molecule has 2 heterocycles. The molecule has 2 aliphatic heterocycles. The number of hydrogen-bond acceptors (Lipinski definition) is 6. The fourth-order valence-electron chi connectivity index (χ4n) is 9.31. The molecule has 1 aromatic rings. The number of benzene rings is 1. The number of likely N-dealkylation sites (tertiary alicyclic amines) is 1. The number of carbonyl (C=O) groups is 1. The van der Waals surface area contributed by atoms with Crippen LogP contribution in [0.15, 0.2) is 12.1 Å². The molecule has 7 aliphatic rings. The van der Waals surface area contributed by atoms with Crippen molar-refractivity contribution in [1.29, 1.82) is 0 Å². The summed E-state index contributed by atoms with van der Waals surface area (Å²) in [7, 11) is 3.61. The van der Waals surface area contributed by atoms with Gasteiger partial charge in [-0.3, -0.25) is 9.69 Å². The lowest BCUT2D eigenvalue weighted by Crippen LogP contribution is -2.81. The number of methoxy groups -OCH3 is 2. The van der Waals surface area contributed by atoms with Crippen molar-refractivity contribution in [2.24, 2.45) is 23.0 Å². The van der Waals surface area contributed by atoms with Crippen LogP contribution in [0.4, 0.5) is 0 Å². The van der Waals surface area contributed by atoms with E-state index in [0.717, 1.165) is 56.2 Å². The Morgan fingerprint density at radius 3 is 2.85 bits per heavy atom. The molecule has 1 saturated heterocycles. The van der Waals surface area contributed by atoms with E-state index < -0.39 is 0 Å². The van der Waals surface area contributed by atoms with Crippen LogP contribution in [0.5, 0.6) is 11.5 Å². The Morgan fingerprint density at radius 2 is 2.12 bits per heavy atom. The molecule has 5 aliphatic carbocycles. The fourth-order valence-corrected chi connectivity index (χ4v) is 9.31. The summed E-state index contributed by atoms with van der Waals surface area (Å²) in [5, 5.41) is 3.35. The number of ether oxygens (including phenoxy) is 3. The van der Waals surface area contributed by atoms with Crippen LogP contribution in [0.2, 0.25) is 0 Å². The molecule has 34 heavy (non-hydrogen) atoms. The SMILES string of the molecule is COc1ccc2c3c1O[C@H]1[C@@]4(OC)CCC5(C[C@@H]4CNCC(N)=O)[C@@H](C2)N(CC2CC2)CC[C@]315. The number of rotatable bonds is 8. The van der Waals surface area contributed by atoms with Gasteiger partial charge >= 0.3 is 0 Å². The van der Waals surface area contributed by atoms with Gasteiger partial charge in [-0.1, -0.05) is 6.07 Å². The van der Waals surface area contributed by atoms with Gasteiger partial charge < -0.3 is 25.3 Å². The first-order valence-electron chi connectivity index (χ1n) is 13.1. The third kappa shape index (κ3) is 2.46. The fraction of sp³-hybridized carbons (Fsp3) is 0.741. The smallest absolute Gasteiger partial charge is 0.231 e. The minimum atomic E-state index is -0.381. The molecule has 8 rings (SSSR count). The third-order valence-electron chi connectivity index (χ3n) is 10.7. The molecular formula is C27H37N3O4. The summed E-state index contributed by atoms with van der Waals surface area (Å²) in [6.45, 7) is 3.31. The summed E-state index contributed by atoms with van der Waals surface area (Å²) in [4.78, 5) is 14.3. The van der Waals surface area contributed by atoms with Crippen molar-refractivity contribution in [3.63, 3.8) is 0 Å². The van der Waals surface area contributed by atoms with Gasteiger partial charge in [-0.25, -0.2) is 0 Å². The van der Waals surface area contributed by atoms with Gasteiger partial charge in [0.2, 0.25) is 5.91 Å². The number of nitrogens with one attached hydrogen (secondary N) is 1. The molecule has 2 spiro atoms. The highest BCUT2D eigenvalue weighted by Crippen LogP contribution is 2.76. The first-order valence-corrected chi connectivity index (χ1v) is 13.1. The zero-order chi connectivity index (χ0) is 23.3. The van der Waals surface area contributed by atoms with E-state index in [1.54, 1.807) is 7.11 Å². The van der Waals surface area contributed by atoms with Gasteiger partial charge in [-0.05, 0) is 69.0 Å². The Balaban J connectivity index is 1.39. The van der Waals surface area contributed by atoms with E-state index in [1.165, 1.54) is 36.9 Å². The van der Waals surface area contributed by atoms with E-state index in [2.05, 4.69) is 22.3 Å². The van der Waals surface area contributed by atoms with Gasteiger partial charge in [-0.2, -0.15) is 0 Å². The van der Waals surface area contributed by atoms with E-state index in [9.17, 15) is 4.79 Å². The maximum atomic E-state index is 11.5. The molecule has 7 heteroatoms. The normalized spacial score (nSPS) is 41.2. The first kappa shape index (κ1) is 21.5. The molecule has 5 fully saturated rings. The average Bonchev–Trinajstić information content (AvgIpc) is 3.57. The number of piperidine rings is 1. The summed E-state index contributed by atoms with van der Waals surface area (Å²) in [6.07, 6.45) is 8.25. The van der Waals surface area contributed by atoms with Gasteiger partial charge in [0.15, 0.2) is 11.5 Å². The molecule has 1 aromatic carbocycles. The summed E-state index contributed by atoms with van der Waals surface area (Å²) in [6, 6.07) is 4.95. The molecule has 6 atom stereocenters. The molecule has 1 unspecified atom stereocenters. The zero-order valence-corrected chi connectivity index (χ0v) is 20.4. The van der Waals surface area contributed by atoms with Crippen LogP contribution in [0.3, 0.4) is 0 Å². The number of nitrogens with zero attached hydrogens (tertiary/aromatic N) is 1. The van der Waals surface area contributed by atoms with Gasteiger partial charge in [0.1, 0.15) is 11.7 Å². The Hall–Kier alpha value is -1.83. The van der Waals surface area contributed by atoms with Gasteiger partial charge in [0.05, 0.1) is 13.7 Å². The van der Waals surface area contributed by atoms with Crippen LogP contribution in [-0.2, 0) is 21.4 Å². The van der Waals surface area contributed by atoms with Crippen molar-refractivity contribution in [3.8, 4) is 11.5 Å². The van der Waals surface area contributed by atoms with Crippen molar-refractivity contribution >= 4 is 5.91 Å². The lowest BCUT2D eigenvalue weighted by molar-refractivity contribution is -0.276. The zero-order valence-electron chi connectivity index (χ0n) is 20.4. The predicted octanol–water partition coefficient (Wildman–Crippen LogP) is 1.99. The minimum absolute atomic E-state index is 0.0242. The van der Waals surface area contributed by atoms with Gasteiger partial charge in [0.25, 0.3) is 0 Å². The van der Waals surface area contributed by atoms with Crippen LogP contribution >= 0.6 is 0 Å². The second-order valence-corrected chi connectivity index (χ2v) is 11.8. The number of amides is 1. The van der Waals surface area contributed by atoms with Crippen molar-refractivity contribution in [1.82, 2.24) is 10.2 Å². The van der Waals surface area contributed by atoms with Crippen molar-refractivity contribution in [3.05, 3.63) is 23.3 Å². The standard InChI is InChI=1S/C27H37N3O4/c1-32-19-6-5-17-11-20-25-7-8-27(33-2,18(12-25)13-29-14-21(28)31)24-26(25,22(17)23(19)34-24)9-10-30(20)15-16-3-4-16/h5-6,16,18,20,24,29H,3-4,7-15H2,1-2H3,(H2,28,31)/t18-,20-,24-,25?,26+,27-/m1/s1. The number of hydrogen-bond donors (Lipinski definition) is 2. The van der Waals surface area contributed by atoms with Gasteiger partial charge in [0, 0.05) is 48.6 Å². The second-order valence-electron chi connectivity index (χ2n) is 11.8. The summed E-state index contributed by atoms with van der Waals surface area (Å²) in [5.74, 6) is 2.66. The number of fused-ring (bicyclic) bond motifs is 2. The van der Waals surface area contributed by atoms with Crippen LogP contribution in [0, 0.1) is 17.3 Å². The maximum absolute atomic E-state index is 11.5. The highest BCUT2D eigenvalue weighted by Gasteiger charge is 2.80. The second kappa shape index (κ2) is 7.11. The largest absolute Gasteiger partial charge is 0.493 e. The lowest BCUT2D eigenvalue weighted by Gasteiger charge is -2.74. The molecule has 3 N–H and O–H groups in total. The molecular weight excluding hydrogens is 430 g/mol. The Bertz CT molecular complexity index is 1040. The van der Waals surface area contributed by atoms with E-state index in [1.807, 2.05) is 7.11 Å². The molecule has 1 amide bonds. The predicted molar refractivity (Wildman–Crippen MR) is 127 cm³/mol. The highest BCUT2D eigenvalue weighted by molar-refractivity contribution is 5.75. The molecule has 184 valence electrons. The third-order valence-corrected chi connectivity index (χ3v) is 10.7. The summed E-state index contributed by atoms with van der Waals surface area (Å²) in [5.41, 5.74) is 8.10. The van der Waals surface area contributed by atoms with E-state index in [0.29, 0.717) is 6.04 Å². The van der Waals surface area contributed by atoms with E-state index in [-0.39, 0.29) is 40.9 Å². The quantitative estimate of drug-likeness (QED) is 0.608. The Morgan fingerprint density at radius 1 is 1.26 bits per heavy atom. The molecule has 7 nitrogen and oxygen atoms in total. The van der Waals surface area contributed by atoms with E-state index in [4.69, 9.17) is 19.9 Å². The van der Waals surface area contributed by atoms with Crippen LogP contribution in [0.25, 0.3) is 0 Å². The number of primary amides is 1. The maximum Gasteiger partial charge on any atom is 0.231 e. The average molecular weight is 468 g/mol. The monoisotopic (exact) mass is 467 g/mol. The Labute approximate surface area is 201 Å². The summed E-state index contributed by atoms with van der Waals surface area (Å²) >= 11 is 0. The first-order chi connectivity index (χ1) is 16.5. The summed E-state index contributed by atoms with van der Waals surface area (Å²) < 4.78 is 19.4. The molecule has 4 bridgehead atoms. The van der Waals surface area contributed by atoms with Gasteiger partial charge in [-0.15, -0.1) is 0 Å². The molecule has 0 radical (unpaired) electrons. The van der Waals surface area contributed by atoms with Crippen molar-refractivity contribution in [2.75, 3.05) is 40.4 Å². The molecule has 4 saturated carbocycles. The van der Waals surface area contributed by atoms with Crippen molar-refractivity contribution in [2.45, 2.75) is 68.1 Å². The topological polar surface area (TPSA) is 86.0 Å². The van der Waals surface area contributed by atoms with E-state index >= 15 is 0 Å². The number of carbonyl (C=O) groups excluding carboxylic acids is 1. The Kier molecular flexibility index (Phi) is 4.49. The van der Waals surface area contributed by atoms with Crippen LogP contribution in [-0.4, -0.2) is 69.0 Å².